The molecule has 1 aliphatic heterocycles. The fourth-order valence-electron chi connectivity index (χ4n) is 2.41. The lowest BCUT2D eigenvalue weighted by Gasteiger charge is -2.22. The summed E-state index contributed by atoms with van der Waals surface area (Å²) in [5, 5.41) is 20.3. The summed E-state index contributed by atoms with van der Waals surface area (Å²) in [4.78, 5) is 21.1. The molecule has 1 aliphatic rings. The van der Waals surface area contributed by atoms with Crippen molar-refractivity contribution in [3.8, 4) is 0 Å². The number of benzene rings is 2. The third-order valence-electron chi connectivity index (χ3n) is 3.82. The van der Waals surface area contributed by atoms with Gasteiger partial charge in [0.15, 0.2) is 0 Å². The summed E-state index contributed by atoms with van der Waals surface area (Å²) in [7, 11) is 0. The monoisotopic (exact) mass is 328 g/mol. The van der Waals surface area contributed by atoms with Crippen LogP contribution in [0, 0.1) is 0 Å². The van der Waals surface area contributed by atoms with Crippen molar-refractivity contribution in [2.45, 2.75) is 25.6 Å². The maximum Gasteiger partial charge on any atom is 0.335 e. The number of hydrogen-bond acceptors (Lipinski definition) is 4. The molecule has 1 heterocycles. The van der Waals surface area contributed by atoms with E-state index in [2.05, 4.69) is 5.32 Å². The number of carboxylic acids is 2. The van der Waals surface area contributed by atoms with Crippen LogP contribution in [0.15, 0.2) is 48.5 Å². The quantitative estimate of drug-likeness (QED) is 0.681. The van der Waals surface area contributed by atoms with Crippen molar-refractivity contribution in [2.75, 3.05) is 0 Å². The van der Waals surface area contributed by atoms with Gasteiger partial charge in [0, 0.05) is 13.1 Å². The molecule has 0 fully saturated rings. The van der Waals surface area contributed by atoms with Gasteiger partial charge in [-0.25, -0.2) is 4.79 Å². The molecule has 2 aromatic carbocycles. The fourth-order valence-corrected chi connectivity index (χ4v) is 2.41. The molecular weight excluding hydrogens is 308 g/mol. The summed E-state index contributed by atoms with van der Waals surface area (Å²) in [6, 6.07) is 14.0. The van der Waals surface area contributed by atoms with Crippen molar-refractivity contribution < 1.29 is 19.8 Å². The number of carbonyl (C=O) groups is 2. The van der Waals surface area contributed by atoms with Crippen LogP contribution < -0.4 is 11.1 Å². The minimum atomic E-state index is -0.909. The second kappa shape index (κ2) is 8.24. The highest BCUT2D eigenvalue weighted by Gasteiger charge is 2.22. The molecule has 0 aliphatic carbocycles. The Morgan fingerprint density at radius 3 is 2.21 bits per heavy atom. The van der Waals surface area contributed by atoms with E-state index in [4.69, 9.17) is 15.9 Å². The molecule has 0 spiro atoms. The van der Waals surface area contributed by atoms with Gasteiger partial charge in [-0.1, -0.05) is 36.4 Å². The maximum atomic E-state index is 10.7. The molecule has 0 bridgehead atoms. The fraction of sp³-hybridized carbons (Fsp3) is 0.222. The Morgan fingerprint density at radius 2 is 1.67 bits per heavy atom. The standard InChI is InChI=1S/C10H11NO2.C8H9NO2/c12-10(13)9-5-7-3-1-2-4-8(7)6-11-9;9-5-6-1-3-7(4-2-6)8(10)11/h1-4,9,11H,5-6H2,(H,12,13);1-4H,5,9H2,(H,10,11). The summed E-state index contributed by atoms with van der Waals surface area (Å²) >= 11 is 0. The molecular formula is C18H20N2O4. The third-order valence-corrected chi connectivity index (χ3v) is 3.82. The lowest BCUT2D eigenvalue weighted by molar-refractivity contribution is -0.139. The van der Waals surface area contributed by atoms with Crippen LogP contribution in [0.25, 0.3) is 0 Å². The van der Waals surface area contributed by atoms with Crippen LogP contribution in [0.2, 0.25) is 0 Å². The number of aliphatic carboxylic acids is 1. The minimum absolute atomic E-state index is 0.294. The summed E-state index contributed by atoms with van der Waals surface area (Å²) in [5.74, 6) is -1.68. The molecule has 0 saturated carbocycles. The first-order chi connectivity index (χ1) is 11.5. The predicted octanol–water partition coefficient (Wildman–Crippen LogP) is 1.63. The normalized spacial score (nSPS) is 15.6. The first-order valence-corrected chi connectivity index (χ1v) is 7.56. The lowest BCUT2D eigenvalue weighted by Crippen LogP contribution is -2.41. The minimum Gasteiger partial charge on any atom is -0.480 e. The van der Waals surface area contributed by atoms with Crippen LogP contribution in [-0.2, 0) is 24.3 Å². The zero-order valence-electron chi connectivity index (χ0n) is 13.1. The van der Waals surface area contributed by atoms with Gasteiger partial charge < -0.3 is 21.3 Å². The van der Waals surface area contributed by atoms with Gasteiger partial charge >= 0.3 is 11.9 Å². The van der Waals surface area contributed by atoms with Gasteiger partial charge in [0.25, 0.3) is 0 Å². The topological polar surface area (TPSA) is 113 Å². The van der Waals surface area contributed by atoms with Crippen LogP contribution >= 0.6 is 0 Å². The largest absolute Gasteiger partial charge is 0.480 e. The van der Waals surface area contributed by atoms with E-state index in [0.29, 0.717) is 25.1 Å². The first kappa shape index (κ1) is 17.7. The molecule has 1 atom stereocenters. The van der Waals surface area contributed by atoms with Crippen molar-refractivity contribution in [3.63, 3.8) is 0 Å². The van der Waals surface area contributed by atoms with Crippen molar-refractivity contribution >= 4 is 11.9 Å². The Morgan fingerprint density at radius 1 is 1.04 bits per heavy atom. The van der Waals surface area contributed by atoms with Crippen LogP contribution in [0.1, 0.15) is 27.0 Å². The van der Waals surface area contributed by atoms with E-state index in [1.165, 1.54) is 5.56 Å². The number of fused-ring (bicyclic) bond motifs is 1. The molecule has 0 saturated heterocycles. The Labute approximate surface area is 139 Å². The van der Waals surface area contributed by atoms with Gasteiger partial charge in [-0.3, -0.25) is 4.79 Å². The van der Waals surface area contributed by atoms with E-state index in [1.807, 2.05) is 24.3 Å². The number of rotatable bonds is 3. The second-order valence-corrected chi connectivity index (χ2v) is 5.45. The van der Waals surface area contributed by atoms with Crippen molar-refractivity contribution in [1.82, 2.24) is 5.32 Å². The van der Waals surface area contributed by atoms with E-state index in [-0.39, 0.29) is 0 Å². The Bertz CT molecular complexity index is 713. The second-order valence-electron chi connectivity index (χ2n) is 5.45. The number of carboxylic acid groups (broad SMARTS) is 2. The number of nitrogens with two attached hydrogens (primary N) is 1. The van der Waals surface area contributed by atoms with Crippen molar-refractivity contribution in [3.05, 3.63) is 70.8 Å². The van der Waals surface area contributed by atoms with E-state index in [9.17, 15) is 9.59 Å². The molecule has 0 radical (unpaired) electrons. The molecule has 1 unspecified atom stereocenters. The molecule has 2 aromatic rings. The smallest absolute Gasteiger partial charge is 0.335 e. The Hall–Kier alpha value is -2.70. The Balaban J connectivity index is 0.000000177. The van der Waals surface area contributed by atoms with Gasteiger partial charge in [0.05, 0.1) is 5.56 Å². The molecule has 6 nitrogen and oxygen atoms in total. The van der Waals surface area contributed by atoms with Crippen molar-refractivity contribution in [2.24, 2.45) is 5.73 Å². The van der Waals surface area contributed by atoms with Gasteiger partial charge in [0.2, 0.25) is 0 Å². The zero-order chi connectivity index (χ0) is 17.5. The number of aromatic carboxylic acids is 1. The molecule has 6 heteroatoms. The highest BCUT2D eigenvalue weighted by molar-refractivity contribution is 5.87. The molecule has 5 N–H and O–H groups in total. The highest BCUT2D eigenvalue weighted by Crippen LogP contribution is 2.15. The lowest BCUT2D eigenvalue weighted by atomic mass is 9.96. The van der Waals surface area contributed by atoms with Gasteiger partial charge in [-0.2, -0.15) is 0 Å². The van der Waals surface area contributed by atoms with Crippen LogP contribution in [-0.4, -0.2) is 28.2 Å². The zero-order valence-corrected chi connectivity index (χ0v) is 13.1. The predicted molar refractivity (Wildman–Crippen MR) is 89.7 cm³/mol. The van der Waals surface area contributed by atoms with Gasteiger partial charge in [0.1, 0.15) is 6.04 Å². The summed E-state index contributed by atoms with van der Waals surface area (Å²) < 4.78 is 0. The van der Waals surface area contributed by atoms with E-state index in [0.717, 1.165) is 11.1 Å². The van der Waals surface area contributed by atoms with Crippen LogP contribution in [0.3, 0.4) is 0 Å². The highest BCUT2D eigenvalue weighted by atomic mass is 16.4. The summed E-state index contributed by atoms with van der Waals surface area (Å²) in [6.45, 7) is 1.10. The van der Waals surface area contributed by atoms with Crippen LogP contribution in [0.4, 0.5) is 0 Å². The Kier molecular flexibility index (Phi) is 6.06. The molecule has 3 rings (SSSR count). The number of nitrogens with one attached hydrogen (secondary N) is 1. The summed E-state index contributed by atoms with van der Waals surface area (Å²) in [6.07, 6.45) is 0.589. The van der Waals surface area contributed by atoms with E-state index < -0.39 is 18.0 Å². The maximum absolute atomic E-state index is 10.7. The third kappa shape index (κ3) is 4.65. The molecule has 0 aromatic heterocycles. The van der Waals surface area contributed by atoms with Gasteiger partial charge in [-0.05, 0) is 35.2 Å². The molecule has 126 valence electrons. The van der Waals surface area contributed by atoms with E-state index >= 15 is 0 Å². The molecule has 24 heavy (non-hydrogen) atoms. The van der Waals surface area contributed by atoms with Gasteiger partial charge in [-0.15, -0.1) is 0 Å². The number of hydrogen-bond donors (Lipinski definition) is 4. The summed E-state index contributed by atoms with van der Waals surface area (Å²) in [5.41, 5.74) is 8.92. The first-order valence-electron chi connectivity index (χ1n) is 7.56. The average Bonchev–Trinajstić information content (AvgIpc) is 2.61. The average molecular weight is 328 g/mol. The SMILES string of the molecule is NCc1ccc(C(=O)O)cc1.O=C(O)C1Cc2ccccc2CN1. The van der Waals surface area contributed by atoms with E-state index in [1.54, 1.807) is 24.3 Å². The van der Waals surface area contributed by atoms with Crippen LogP contribution in [0.5, 0.6) is 0 Å². The van der Waals surface area contributed by atoms with Crippen molar-refractivity contribution in [1.29, 1.82) is 0 Å². The molecule has 0 amide bonds.